The van der Waals surface area contributed by atoms with Gasteiger partial charge in [-0.1, -0.05) is 215 Å². The molecule has 6 heteroatoms. The molecular formula is C62H84O4Si2. The maximum Gasteiger partial charge on any atom is 0.261 e. The van der Waals surface area contributed by atoms with Gasteiger partial charge < -0.3 is 18.7 Å². The van der Waals surface area contributed by atoms with Crippen LogP contribution >= 0.6 is 0 Å². The Morgan fingerprint density at radius 2 is 1.21 bits per heavy atom. The van der Waals surface area contributed by atoms with Gasteiger partial charge in [0.2, 0.25) is 0 Å². The molecule has 0 saturated heterocycles. The first-order valence-electron chi connectivity index (χ1n) is 26.1. The summed E-state index contributed by atoms with van der Waals surface area (Å²) in [5.41, 5.74) is 4.71. The van der Waals surface area contributed by atoms with E-state index in [1.54, 1.807) is 5.57 Å². The largest absolute Gasteiger partial charge is 0.404 e. The third-order valence-corrected chi connectivity index (χ3v) is 26.8. The van der Waals surface area contributed by atoms with Crippen molar-refractivity contribution >= 4 is 37.4 Å². The molecule has 4 nitrogen and oxygen atoms in total. The first-order valence-corrected chi connectivity index (χ1v) is 29.9. The van der Waals surface area contributed by atoms with E-state index in [0.717, 1.165) is 56.9 Å². The monoisotopic (exact) mass is 949 g/mol. The molecule has 0 heterocycles. The Balaban J connectivity index is 1.26. The molecule has 3 aliphatic rings. The van der Waals surface area contributed by atoms with E-state index in [1.807, 2.05) is 0 Å². The Bertz CT molecular complexity index is 2260. The lowest BCUT2D eigenvalue weighted by Gasteiger charge is -2.49. The Morgan fingerprint density at radius 1 is 0.721 bits per heavy atom. The summed E-state index contributed by atoms with van der Waals surface area (Å²) < 4.78 is 22.4. The summed E-state index contributed by atoms with van der Waals surface area (Å²) >= 11 is 0. The molecular weight excluding hydrogens is 865 g/mol. The normalized spacial score (nSPS) is 24.1. The van der Waals surface area contributed by atoms with Crippen LogP contribution in [0.15, 0.2) is 169 Å². The second-order valence-electron chi connectivity index (χ2n) is 22.9. The van der Waals surface area contributed by atoms with Crippen LogP contribution in [-0.4, -0.2) is 52.8 Å². The van der Waals surface area contributed by atoms with Crippen LogP contribution in [0, 0.1) is 17.3 Å². The zero-order chi connectivity index (χ0) is 48.8. The number of hydrogen-bond acceptors (Lipinski definition) is 4. The van der Waals surface area contributed by atoms with Crippen molar-refractivity contribution in [1.29, 1.82) is 0 Å². The van der Waals surface area contributed by atoms with E-state index in [4.69, 9.17) is 20.2 Å². The SMILES string of the molecule is C=C1C(=CC=C2CCC[C@]3(C)[C@@H](C(=C)COCCCC(O)(CC)CC)CC[C@@H]23)C[C@@H](O[Si](c2ccccc2)(c2ccccc2)C(C)(C)C)C[C@@H]1O[Si](c1ccccc1)(c1ccccc1)C(C)(C)C. The van der Waals surface area contributed by atoms with Crippen LogP contribution < -0.4 is 20.7 Å². The van der Waals surface area contributed by atoms with E-state index in [9.17, 15) is 5.11 Å². The third-order valence-electron chi connectivity index (χ3n) is 16.7. The van der Waals surface area contributed by atoms with Gasteiger partial charge in [-0.15, -0.1) is 0 Å². The maximum atomic E-state index is 10.8. The summed E-state index contributed by atoms with van der Waals surface area (Å²) in [5.74, 6) is 0.939. The van der Waals surface area contributed by atoms with Gasteiger partial charge in [0.25, 0.3) is 16.6 Å². The molecule has 5 atom stereocenters. The van der Waals surface area contributed by atoms with Gasteiger partial charge in [-0.05, 0) is 129 Å². The van der Waals surface area contributed by atoms with Gasteiger partial charge in [-0.25, -0.2) is 0 Å². The van der Waals surface area contributed by atoms with E-state index in [0.29, 0.717) is 25.0 Å². The Morgan fingerprint density at radius 3 is 1.68 bits per heavy atom. The van der Waals surface area contributed by atoms with Crippen molar-refractivity contribution in [1.82, 2.24) is 0 Å². The van der Waals surface area contributed by atoms with Crippen LogP contribution in [0.4, 0.5) is 0 Å². The van der Waals surface area contributed by atoms with Gasteiger partial charge in [0.1, 0.15) is 0 Å². The summed E-state index contributed by atoms with van der Waals surface area (Å²) in [6, 6.07) is 44.3. The zero-order valence-corrected chi connectivity index (χ0v) is 45.3. The molecule has 0 spiro atoms. The van der Waals surface area contributed by atoms with Crippen LogP contribution in [-0.2, 0) is 13.6 Å². The summed E-state index contributed by atoms with van der Waals surface area (Å²) in [4.78, 5) is 0. The molecule has 0 bridgehead atoms. The lowest BCUT2D eigenvalue weighted by molar-refractivity contribution is 0.0128. The molecule has 4 aromatic carbocycles. The predicted molar refractivity (Wildman–Crippen MR) is 292 cm³/mol. The first kappa shape index (κ1) is 52.0. The Kier molecular flexibility index (Phi) is 16.5. The number of benzene rings is 4. The Hall–Kier alpha value is -3.89. The molecule has 1 N–H and O–H groups in total. The van der Waals surface area contributed by atoms with Crippen molar-refractivity contribution in [3.05, 3.63) is 169 Å². The van der Waals surface area contributed by atoms with Gasteiger partial charge >= 0.3 is 0 Å². The number of rotatable bonds is 18. The topological polar surface area (TPSA) is 47.9 Å². The molecule has 7 rings (SSSR count). The van der Waals surface area contributed by atoms with Crippen LogP contribution in [0.3, 0.4) is 0 Å². The Labute approximate surface area is 414 Å². The van der Waals surface area contributed by atoms with Gasteiger partial charge in [-0.2, -0.15) is 0 Å². The van der Waals surface area contributed by atoms with Crippen LogP contribution in [0.2, 0.25) is 10.1 Å². The highest BCUT2D eigenvalue weighted by Gasteiger charge is 2.55. The highest BCUT2D eigenvalue weighted by atomic mass is 28.4. The predicted octanol–water partition coefficient (Wildman–Crippen LogP) is 13.2. The van der Waals surface area contributed by atoms with Crippen molar-refractivity contribution in [2.24, 2.45) is 17.3 Å². The molecule has 3 saturated carbocycles. The number of hydrogen-bond donors (Lipinski definition) is 1. The van der Waals surface area contributed by atoms with Crippen LogP contribution in [0.25, 0.3) is 0 Å². The van der Waals surface area contributed by atoms with E-state index in [1.165, 1.54) is 51.2 Å². The molecule has 0 aliphatic heterocycles. The first-order chi connectivity index (χ1) is 32.4. The number of fused-ring (bicyclic) bond motifs is 1. The number of ether oxygens (including phenoxy) is 1. The van der Waals surface area contributed by atoms with E-state index in [-0.39, 0.29) is 27.7 Å². The van der Waals surface area contributed by atoms with Crippen molar-refractivity contribution < 1.29 is 18.7 Å². The summed E-state index contributed by atoms with van der Waals surface area (Å²) in [6.45, 7) is 31.9. The second-order valence-corrected chi connectivity index (χ2v) is 31.4. The van der Waals surface area contributed by atoms with Gasteiger partial charge in [0.15, 0.2) is 0 Å². The van der Waals surface area contributed by atoms with Crippen molar-refractivity contribution in [2.45, 2.75) is 161 Å². The van der Waals surface area contributed by atoms with Crippen LogP contribution in [0.1, 0.15) is 133 Å². The van der Waals surface area contributed by atoms with Gasteiger partial charge in [0, 0.05) is 13.0 Å². The zero-order valence-electron chi connectivity index (χ0n) is 43.3. The lowest BCUT2D eigenvalue weighted by atomic mass is 9.62. The second kappa shape index (κ2) is 21.6. The van der Waals surface area contributed by atoms with Gasteiger partial charge in [0.05, 0.1) is 24.4 Å². The van der Waals surface area contributed by atoms with Gasteiger partial charge in [-0.3, -0.25) is 0 Å². The standard InChI is InChI=1S/C62H84O4Si2/c1-12-62(63,13-2)42-27-43-64-46-47(3)56-39-40-57-49(28-26-41-61(56,57)11)37-38-50-44-51(65-67(59(5,6)7,52-29-18-14-19-30-52)53-31-20-15-21-32-53)45-58(48(50)4)66-68(60(8,9)10,54-33-22-16-23-34-54)55-35-24-17-25-36-55/h14-25,29-38,51,56-58,63H,3-4,12-13,26-28,39-46H2,1-2,5-11H3/t51-,56-,57+,58+,61-/m1/s1. The maximum absolute atomic E-state index is 10.8. The number of allylic oxidation sites excluding steroid dienone is 3. The minimum Gasteiger partial charge on any atom is -0.404 e. The van der Waals surface area contributed by atoms with E-state index in [2.05, 4.69) is 202 Å². The quantitative estimate of drug-likeness (QED) is 0.0613. The minimum atomic E-state index is -2.97. The lowest BCUT2D eigenvalue weighted by Crippen LogP contribution is -2.69. The molecule has 0 amide bonds. The molecule has 0 aromatic heterocycles. The fraction of sp³-hybridized carbons (Fsp3) is 0.484. The summed E-state index contributed by atoms with van der Waals surface area (Å²) in [5, 5.41) is 15.6. The van der Waals surface area contributed by atoms with Crippen molar-refractivity contribution in [3.8, 4) is 0 Å². The minimum absolute atomic E-state index is 0.104. The summed E-state index contributed by atoms with van der Waals surface area (Å²) in [6.07, 6.45) is 15.1. The van der Waals surface area contributed by atoms with E-state index < -0.39 is 22.2 Å². The van der Waals surface area contributed by atoms with Crippen LogP contribution in [0.5, 0.6) is 0 Å². The molecule has 4 aromatic rings. The van der Waals surface area contributed by atoms with E-state index >= 15 is 0 Å². The van der Waals surface area contributed by atoms with Crippen molar-refractivity contribution in [2.75, 3.05) is 13.2 Å². The number of aliphatic hydroxyl groups is 1. The molecule has 3 aliphatic carbocycles. The molecule has 68 heavy (non-hydrogen) atoms. The summed E-state index contributed by atoms with van der Waals surface area (Å²) in [7, 11) is -5.88. The fourth-order valence-electron chi connectivity index (χ4n) is 12.8. The molecule has 364 valence electrons. The molecule has 0 radical (unpaired) electrons. The van der Waals surface area contributed by atoms with Crippen molar-refractivity contribution in [3.63, 3.8) is 0 Å². The average Bonchev–Trinajstić information content (AvgIpc) is 3.70. The third kappa shape index (κ3) is 10.6. The molecule has 0 unspecified atom stereocenters. The average molecular weight is 950 g/mol. The smallest absolute Gasteiger partial charge is 0.261 e. The highest BCUT2D eigenvalue weighted by Crippen LogP contribution is 2.59. The highest BCUT2D eigenvalue weighted by molar-refractivity contribution is 7.00. The fourth-order valence-corrected chi connectivity index (χ4v) is 22.2. The molecule has 3 fully saturated rings.